The smallest absolute Gasteiger partial charge is 0.472 e. The topological polar surface area (TPSA) is 209 Å². The van der Waals surface area contributed by atoms with Crippen LogP contribution in [0.25, 0.3) is 0 Å². The average Bonchev–Trinajstić information content (AvgIpc) is 3.57. The summed E-state index contributed by atoms with van der Waals surface area (Å²) in [4.78, 5) is 58.5. The number of carbonyl (C=O) groups is 4. The number of phosphoric acid groups is 1. The van der Waals surface area contributed by atoms with Crippen molar-refractivity contribution in [3.63, 3.8) is 0 Å². The van der Waals surface area contributed by atoms with E-state index >= 15 is 0 Å². The lowest BCUT2D eigenvalue weighted by Gasteiger charge is -2.20. The Labute approximate surface area is 358 Å². The van der Waals surface area contributed by atoms with Crippen LogP contribution in [0.15, 0.2) is 85.1 Å². The molecule has 1 rings (SSSR count). The first-order valence-electron chi connectivity index (χ1n) is 21.7. The number of carbonyl (C=O) groups excluding carboxylic acids is 3. The third kappa shape index (κ3) is 29.5. The zero-order chi connectivity index (χ0) is 44.3. The van der Waals surface area contributed by atoms with E-state index in [-0.39, 0.29) is 30.5 Å². The number of ketones is 1. The minimum atomic E-state index is -4.79. The summed E-state index contributed by atoms with van der Waals surface area (Å²) in [5, 5.41) is 19.1. The van der Waals surface area contributed by atoms with Gasteiger partial charge in [-0.25, -0.2) is 4.57 Å². The molecule has 0 bridgehead atoms. The van der Waals surface area contributed by atoms with Crippen LogP contribution in [-0.4, -0.2) is 76.9 Å². The van der Waals surface area contributed by atoms with Crippen LogP contribution in [0.1, 0.15) is 129 Å². The van der Waals surface area contributed by atoms with E-state index in [0.717, 1.165) is 44.9 Å². The summed E-state index contributed by atoms with van der Waals surface area (Å²) in [5.41, 5.74) is 5.32. The summed E-state index contributed by atoms with van der Waals surface area (Å²) < 4.78 is 32.6. The Bertz CT molecular complexity index is 1480. The second-order valence-corrected chi connectivity index (χ2v) is 16.2. The molecule has 60 heavy (non-hydrogen) atoms. The molecule has 0 amide bonds. The van der Waals surface area contributed by atoms with Crippen LogP contribution < -0.4 is 5.73 Å². The average molecular weight is 862 g/mol. The lowest BCUT2D eigenvalue weighted by Crippen LogP contribution is -2.34. The maximum atomic E-state index is 12.7. The molecular formula is C46H72NO12P. The molecule has 0 saturated carbocycles. The van der Waals surface area contributed by atoms with Crippen LogP contribution >= 0.6 is 7.82 Å². The predicted octanol–water partition coefficient (Wildman–Crippen LogP) is 9.12. The van der Waals surface area contributed by atoms with Gasteiger partial charge in [-0.2, -0.15) is 0 Å². The largest absolute Gasteiger partial charge is 0.480 e. The number of aliphatic hydroxyl groups is 1. The maximum Gasteiger partial charge on any atom is 0.472 e. The number of hydrogen-bond donors (Lipinski definition) is 4. The highest BCUT2D eigenvalue weighted by Gasteiger charge is 2.29. The highest BCUT2D eigenvalue weighted by atomic mass is 31.2. The van der Waals surface area contributed by atoms with Gasteiger partial charge in [0, 0.05) is 18.8 Å². The lowest BCUT2D eigenvalue weighted by atomic mass is 9.90. The molecule has 0 aromatic carbocycles. The molecule has 0 heterocycles. The van der Waals surface area contributed by atoms with E-state index < -0.39 is 63.8 Å². The highest BCUT2D eigenvalue weighted by Crippen LogP contribution is 2.43. The number of hydrogen-bond acceptors (Lipinski definition) is 11. The molecule has 6 atom stereocenters. The van der Waals surface area contributed by atoms with E-state index in [4.69, 9.17) is 24.8 Å². The molecule has 1 aliphatic carbocycles. The number of carboxylic acid groups (broad SMARTS) is 1. The second kappa shape index (κ2) is 34.9. The SMILES string of the molecule is CCCCC/C=C\C/C=C\C/C=C\C/C=C\CCCC(=O)OC[C@H](COP(=O)(O)OC[C@H](N)C(=O)O)OC(=O)CCC/C=C\C[C@H]1C=CC(=O)[C@@H]1/C=C/[C@@H](O)CCCCC. The molecule has 5 N–H and O–H groups in total. The number of unbranched alkanes of at least 4 members (excludes halogenated alkanes) is 7. The Morgan fingerprint density at radius 1 is 0.767 bits per heavy atom. The fourth-order valence-electron chi connectivity index (χ4n) is 5.81. The van der Waals surface area contributed by atoms with Crippen LogP contribution in [0.5, 0.6) is 0 Å². The number of ether oxygens (including phenoxy) is 2. The number of nitrogens with two attached hydrogens (primary N) is 1. The van der Waals surface area contributed by atoms with Crippen LogP contribution in [0, 0.1) is 11.8 Å². The van der Waals surface area contributed by atoms with Gasteiger partial charge in [-0.15, -0.1) is 0 Å². The van der Waals surface area contributed by atoms with Crippen LogP contribution in [0.2, 0.25) is 0 Å². The summed E-state index contributed by atoms with van der Waals surface area (Å²) >= 11 is 0. The van der Waals surface area contributed by atoms with Crippen molar-refractivity contribution in [1.29, 1.82) is 0 Å². The molecule has 1 aliphatic rings. The maximum absolute atomic E-state index is 12.7. The molecule has 0 aliphatic heterocycles. The fraction of sp³-hybridized carbons (Fsp3) is 0.609. The van der Waals surface area contributed by atoms with Crippen molar-refractivity contribution < 1.29 is 57.4 Å². The minimum absolute atomic E-state index is 0.00624. The van der Waals surface area contributed by atoms with E-state index in [0.29, 0.717) is 38.5 Å². The third-order valence-electron chi connectivity index (χ3n) is 9.36. The van der Waals surface area contributed by atoms with Crippen LogP contribution in [0.4, 0.5) is 0 Å². The zero-order valence-corrected chi connectivity index (χ0v) is 36.8. The first-order chi connectivity index (χ1) is 28.9. The number of carboxylic acids is 1. The molecule has 0 aromatic heterocycles. The third-order valence-corrected chi connectivity index (χ3v) is 10.3. The van der Waals surface area contributed by atoms with E-state index in [2.05, 4.69) is 54.8 Å². The summed E-state index contributed by atoms with van der Waals surface area (Å²) in [5.74, 6) is -2.98. The number of aliphatic carboxylic acids is 1. The molecule has 14 heteroatoms. The van der Waals surface area contributed by atoms with Crippen molar-refractivity contribution in [1.82, 2.24) is 0 Å². The van der Waals surface area contributed by atoms with Gasteiger partial charge < -0.3 is 30.3 Å². The van der Waals surface area contributed by atoms with Crippen LogP contribution in [0.3, 0.4) is 0 Å². The predicted molar refractivity (Wildman–Crippen MR) is 235 cm³/mol. The molecule has 338 valence electrons. The monoisotopic (exact) mass is 861 g/mol. The fourth-order valence-corrected chi connectivity index (χ4v) is 6.59. The molecule has 0 saturated heterocycles. The van der Waals surface area contributed by atoms with E-state index in [9.17, 15) is 33.7 Å². The number of aliphatic hydroxyl groups excluding tert-OH is 1. The van der Waals surface area contributed by atoms with Crippen molar-refractivity contribution in [2.45, 2.75) is 148 Å². The van der Waals surface area contributed by atoms with Gasteiger partial charge in [-0.3, -0.25) is 28.2 Å². The Balaban J connectivity index is 2.52. The highest BCUT2D eigenvalue weighted by molar-refractivity contribution is 7.47. The van der Waals surface area contributed by atoms with Gasteiger partial charge in [0.2, 0.25) is 0 Å². The molecule has 0 aromatic rings. The van der Waals surface area contributed by atoms with Gasteiger partial charge in [0.05, 0.1) is 19.3 Å². The molecule has 0 fully saturated rings. The zero-order valence-electron chi connectivity index (χ0n) is 35.9. The second-order valence-electron chi connectivity index (χ2n) is 14.8. The lowest BCUT2D eigenvalue weighted by molar-refractivity contribution is -0.161. The van der Waals surface area contributed by atoms with Gasteiger partial charge in [0.25, 0.3) is 0 Å². The van der Waals surface area contributed by atoms with Crippen molar-refractivity contribution >= 4 is 31.5 Å². The number of allylic oxidation sites excluding steroid dienone is 13. The van der Waals surface area contributed by atoms with Crippen molar-refractivity contribution in [3.8, 4) is 0 Å². The summed E-state index contributed by atoms with van der Waals surface area (Å²) in [6, 6.07) is -1.57. The normalized spacial score (nSPS) is 18.4. The Morgan fingerprint density at radius 2 is 1.32 bits per heavy atom. The Hall–Kier alpha value is -3.71. The molecule has 0 radical (unpaired) electrons. The summed E-state index contributed by atoms with van der Waals surface area (Å²) in [7, 11) is -4.79. The Morgan fingerprint density at radius 3 is 1.93 bits per heavy atom. The summed E-state index contributed by atoms with van der Waals surface area (Å²) in [6.45, 7) is 2.39. The van der Waals surface area contributed by atoms with Gasteiger partial charge >= 0.3 is 25.7 Å². The summed E-state index contributed by atoms with van der Waals surface area (Å²) in [6.07, 6.45) is 40.1. The minimum Gasteiger partial charge on any atom is -0.480 e. The standard InChI is InChI=1S/C46H72NO12P/c1-3-5-7-8-9-10-11-12-13-14-15-16-17-18-19-20-25-29-44(50)56-35-40(36-57-60(54,55)58-37-42(47)46(52)53)59-45(51)30-26-22-21-24-27-38-31-34-43(49)41(38)33-32-39(48)28-23-6-4-2/h9-10,12-13,15-16,18-19,21,24,31-34,38-42,48H,3-8,11,14,17,20,22-23,25-30,35-37,47H2,1-2H3,(H,52,53)(H,54,55)/b10-9-,13-12-,16-15-,19-18-,24-21-,33-32+/t38-,39-,40+,41+,42-/m0/s1. The molecule has 13 nitrogen and oxygen atoms in total. The van der Waals surface area contributed by atoms with E-state index in [1.54, 1.807) is 18.2 Å². The van der Waals surface area contributed by atoms with Gasteiger partial charge in [-0.05, 0) is 82.6 Å². The molecule has 1 unspecified atom stereocenters. The van der Waals surface area contributed by atoms with Gasteiger partial charge in [0.15, 0.2) is 11.9 Å². The molecule has 0 spiro atoms. The van der Waals surface area contributed by atoms with Crippen molar-refractivity contribution in [2.24, 2.45) is 17.6 Å². The number of rotatable bonds is 36. The first kappa shape index (κ1) is 54.3. The van der Waals surface area contributed by atoms with E-state index in [1.807, 2.05) is 30.4 Å². The van der Waals surface area contributed by atoms with Gasteiger partial charge in [0.1, 0.15) is 12.6 Å². The number of esters is 2. The number of phosphoric ester groups is 1. The van der Waals surface area contributed by atoms with Crippen molar-refractivity contribution in [3.05, 3.63) is 85.1 Å². The van der Waals surface area contributed by atoms with Crippen LogP contribution in [-0.2, 0) is 42.3 Å². The quantitative estimate of drug-likeness (QED) is 0.0201. The van der Waals surface area contributed by atoms with Crippen molar-refractivity contribution in [2.75, 3.05) is 19.8 Å². The molecular weight excluding hydrogens is 789 g/mol. The van der Waals surface area contributed by atoms with Gasteiger partial charge in [-0.1, -0.05) is 125 Å². The first-order valence-corrected chi connectivity index (χ1v) is 23.2. The van der Waals surface area contributed by atoms with E-state index in [1.165, 1.54) is 19.3 Å². The Kier molecular flexibility index (Phi) is 31.6.